The highest BCUT2D eigenvalue weighted by Crippen LogP contribution is 2.23. The standard InChI is InChI=1S/C12H24N2O3S.ClH/c1-9(6-7-18(2,16)17)14-12(15)10-4-3-5-11(13)8-10;/h9-11H,3-8,13H2,1-2H3,(H,14,15);1H. The Morgan fingerprint density at radius 1 is 1.42 bits per heavy atom. The van der Waals surface area contributed by atoms with Crippen molar-refractivity contribution in [1.82, 2.24) is 5.32 Å². The van der Waals surface area contributed by atoms with Crippen LogP contribution in [0.25, 0.3) is 0 Å². The van der Waals surface area contributed by atoms with Crippen LogP contribution >= 0.6 is 12.4 Å². The lowest BCUT2D eigenvalue weighted by molar-refractivity contribution is -0.126. The van der Waals surface area contributed by atoms with Gasteiger partial charge in [-0.05, 0) is 32.6 Å². The second-order valence-electron chi connectivity index (χ2n) is 5.45. The molecule has 0 saturated heterocycles. The highest BCUT2D eigenvalue weighted by atomic mass is 35.5. The highest BCUT2D eigenvalue weighted by molar-refractivity contribution is 7.90. The predicted octanol–water partition coefficient (Wildman–Crippen LogP) is 0.865. The lowest BCUT2D eigenvalue weighted by atomic mass is 9.85. The van der Waals surface area contributed by atoms with Crippen molar-refractivity contribution in [2.24, 2.45) is 11.7 Å². The third-order valence-electron chi connectivity index (χ3n) is 3.40. The van der Waals surface area contributed by atoms with Gasteiger partial charge in [-0.1, -0.05) is 6.42 Å². The molecule has 0 bridgehead atoms. The number of carbonyl (C=O) groups is 1. The Morgan fingerprint density at radius 2 is 2.05 bits per heavy atom. The highest BCUT2D eigenvalue weighted by Gasteiger charge is 2.26. The minimum Gasteiger partial charge on any atom is -0.353 e. The molecule has 7 heteroatoms. The Bertz CT molecular complexity index is 386. The van der Waals surface area contributed by atoms with Crippen LogP contribution in [0.1, 0.15) is 39.0 Å². The number of hydrogen-bond acceptors (Lipinski definition) is 4. The van der Waals surface area contributed by atoms with Crippen LogP contribution in [0.15, 0.2) is 0 Å². The summed E-state index contributed by atoms with van der Waals surface area (Å²) in [5.41, 5.74) is 5.85. The first-order chi connectivity index (χ1) is 8.28. The Hall–Kier alpha value is -0.330. The summed E-state index contributed by atoms with van der Waals surface area (Å²) in [6, 6.07) is 0.0196. The topological polar surface area (TPSA) is 89.3 Å². The van der Waals surface area contributed by atoms with Crippen LogP contribution in [0.4, 0.5) is 0 Å². The quantitative estimate of drug-likeness (QED) is 0.788. The molecule has 19 heavy (non-hydrogen) atoms. The molecule has 0 aromatic heterocycles. The molecule has 1 aliphatic carbocycles. The molecule has 114 valence electrons. The lowest BCUT2D eigenvalue weighted by Gasteiger charge is -2.27. The third kappa shape index (κ3) is 7.74. The van der Waals surface area contributed by atoms with Gasteiger partial charge in [0, 0.05) is 24.3 Å². The molecule has 1 rings (SSSR count). The first-order valence-electron chi connectivity index (χ1n) is 6.51. The second-order valence-corrected chi connectivity index (χ2v) is 7.71. The largest absolute Gasteiger partial charge is 0.353 e. The molecule has 1 fully saturated rings. The summed E-state index contributed by atoms with van der Waals surface area (Å²) < 4.78 is 22.1. The smallest absolute Gasteiger partial charge is 0.223 e. The summed E-state index contributed by atoms with van der Waals surface area (Å²) in [6.07, 6.45) is 5.29. The van der Waals surface area contributed by atoms with Crippen molar-refractivity contribution in [2.75, 3.05) is 12.0 Å². The van der Waals surface area contributed by atoms with Crippen molar-refractivity contribution in [3.63, 3.8) is 0 Å². The third-order valence-corrected chi connectivity index (χ3v) is 4.37. The van der Waals surface area contributed by atoms with Crippen LogP contribution in [0, 0.1) is 5.92 Å². The average Bonchev–Trinajstić information content (AvgIpc) is 2.25. The van der Waals surface area contributed by atoms with Crippen molar-refractivity contribution < 1.29 is 13.2 Å². The van der Waals surface area contributed by atoms with Gasteiger partial charge in [0.25, 0.3) is 0 Å². The van der Waals surface area contributed by atoms with Gasteiger partial charge in [0.05, 0.1) is 5.75 Å². The van der Waals surface area contributed by atoms with E-state index in [1.54, 1.807) is 0 Å². The molecule has 0 aliphatic heterocycles. The van der Waals surface area contributed by atoms with Crippen molar-refractivity contribution >= 4 is 28.2 Å². The maximum absolute atomic E-state index is 12.0. The zero-order valence-electron chi connectivity index (χ0n) is 11.6. The molecule has 0 radical (unpaired) electrons. The van der Waals surface area contributed by atoms with E-state index in [0.717, 1.165) is 25.7 Å². The fourth-order valence-corrected chi connectivity index (χ4v) is 3.07. The summed E-state index contributed by atoms with van der Waals surface area (Å²) in [5, 5.41) is 2.88. The van der Waals surface area contributed by atoms with Crippen molar-refractivity contribution in [3.05, 3.63) is 0 Å². The minimum absolute atomic E-state index is 0. The van der Waals surface area contributed by atoms with Crippen LogP contribution in [-0.2, 0) is 14.6 Å². The molecular weight excluding hydrogens is 288 g/mol. The maximum Gasteiger partial charge on any atom is 0.223 e. The maximum atomic E-state index is 12.0. The first-order valence-corrected chi connectivity index (χ1v) is 8.57. The van der Waals surface area contributed by atoms with E-state index >= 15 is 0 Å². The molecule has 1 saturated carbocycles. The number of nitrogens with two attached hydrogens (primary N) is 1. The minimum atomic E-state index is -2.96. The number of sulfone groups is 1. The van der Waals surface area contributed by atoms with E-state index in [2.05, 4.69) is 5.32 Å². The van der Waals surface area contributed by atoms with E-state index in [4.69, 9.17) is 5.73 Å². The Balaban J connectivity index is 0.00000324. The van der Waals surface area contributed by atoms with E-state index in [1.165, 1.54) is 6.26 Å². The van der Waals surface area contributed by atoms with Gasteiger partial charge in [0.1, 0.15) is 9.84 Å². The number of amides is 1. The van der Waals surface area contributed by atoms with Crippen molar-refractivity contribution in [1.29, 1.82) is 0 Å². The Kier molecular flexibility index (Phi) is 7.93. The summed E-state index contributed by atoms with van der Waals surface area (Å²) in [6.45, 7) is 1.84. The fraction of sp³-hybridized carbons (Fsp3) is 0.917. The number of halogens is 1. The SMILES string of the molecule is CC(CCS(C)(=O)=O)NC(=O)C1CCCC(N)C1.Cl. The van der Waals surface area contributed by atoms with Crippen molar-refractivity contribution in [3.8, 4) is 0 Å². The molecule has 0 heterocycles. The number of carbonyl (C=O) groups excluding carboxylic acids is 1. The van der Waals surface area contributed by atoms with E-state index in [-0.39, 0.29) is 42.1 Å². The predicted molar refractivity (Wildman–Crippen MR) is 79.1 cm³/mol. The molecule has 1 aliphatic rings. The van der Waals surface area contributed by atoms with Crippen LogP contribution in [-0.4, -0.2) is 38.4 Å². The van der Waals surface area contributed by atoms with Gasteiger partial charge in [0.15, 0.2) is 0 Å². The van der Waals surface area contributed by atoms with E-state index < -0.39 is 9.84 Å². The van der Waals surface area contributed by atoms with E-state index in [0.29, 0.717) is 6.42 Å². The van der Waals surface area contributed by atoms with Crippen LogP contribution in [0.2, 0.25) is 0 Å². The summed E-state index contributed by atoms with van der Waals surface area (Å²) in [7, 11) is -2.96. The first kappa shape index (κ1) is 18.7. The molecule has 5 nitrogen and oxygen atoms in total. The summed E-state index contributed by atoms with van der Waals surface area (Å²) in [4.78, 5) is 12.0. The molecule has 0 aromatic carbocycles. The summed E-state index contributed by atoms with van der Waals surface area (Å²) in [5.74, 6) is 0.124. The van der Waals surface area contributed by atoms with Gasteiger partial charge < -0.3 is 11.1 Å². The van der Waals surface area contributed by atoms with Crippen molar-refractivity contribution in [2.45, 2.75) is 51.1 Å². The van der Waals surface area contributed by atoms with E-state index in [1.807, 2.05) is 6.92 Å². The molecule has 3 N–H and O–H groups in total. The number of nitrogens with one attached hydrogen (secondary N) is 1. The van der Waals surface area contributed by atoms with Gasteiger partial charge in [-0.2, -0.15) is 0 Å². The van der Waals surface area contributed by atoms with Gasteiger partial charge >= 0.3 is 0 Å². The van der Waals surface area contributed by atoms with Crippen LogP contribution in [0.3, 0.4) is 0 Å². The Labute approximate surface area is 122 Å². The lowest BCUT2D eigenvalue weighted by Crippen LogP contribution is -2.41. The van der Waals surface area contributed by atoms with Gasteiger partial charge in [0.2, 0.25) is 5.91 Å². The fourth-order valence-electron chi connectivity index (χ4n) is 2.29. The monoisotopic (exact) mass is 312 g/mol. The van der Waals surface area contributed by atoms with Crippen LogP contribution < -0.4 is 11.1 Å². The normalized spacial score (nSPS) is 25.2. The second kappa shape index (κ2) is 8.07. The molecule has 3 unspecified atom stereocenters. The average molecular weight is 313 g/mol. The number of hydrogen-bond donors (Lipinski definition) is 2. The van der Waals surface area contributed by atoms with Crippen LogP contribution in [0.5, 0.6) is 0 Å². The van der Waals surface area contributed by atoms with Gasteiger partial charge in [-0.3, -0.25) is 4.79 Å². The van der Waals surface area contributed by atoms with Gasteiger partial charge in [-0.15, -0.1) is 12.4 Å². The van der Waals surface area contributed by atoms with E-state index in [9.17, 15) is 13.2 Å². The Morgan fingerprint density at radius 3 is 2.58 bits per heavy atom. The zero-order valence-corrected chi connectivity index (χ0v) is 13.2. The summed E-state index contributed by atoms with van der Waals surface area (Å²) >= 11 is 0. The van der Waals surface area contributed by atoms with Gasteiger partial charge in [-0.25, -0.2) is 8.42 Å². The molecule has 0 spiro atoms. The molecule has 1 amide bonds. The zero-order chi connectivity index (χ0) is 13.8. The molecule has 0 aromatic rings. The molecule has 3 atom stereocenters. The molecular formula is C12H25ClN2O3S. The number of rotatable bonds is 5.